The van der Waals surface area contributed by atoms with E-state index >= 15 is 0 Å². The fourth-order valence-corrected chi connectivity index (χ4v) is 2.92. The predicted molar refractivity (Wildman–Crippen MR) is 74.7 cm³/mol. The van der Waals surface area contributed by atoms with Gasteiger partial charge in [-0.25, -0.2) is 0 Å². The van der Waals surface area contributed by atoms with Crippen molar-refractivity contribution in [2.24, 2.45) is 0 Å². The lowest BCUT2D eigenvalue weighted by atomic mass is 10.1. The number of rotatable bonds is 1. The number of benzene rings is 1. The van der Waals surface area contributed by atoms with Gasteiger partial charge >= 0.3 is 0 Å². The van der Waals surface area contributed by atoms with Crippen molar-refractivity contribution in [2.75, 3.05) is 37.6 Å². The monoisotopic (exact) mass is 309 g/mol. The average Bonchev–Trinajstić information content (AvgIpc) is 2.41. The molecule has 1 aromatic carbocycles. The van der Waals surface area contributed by atoms with Crippen molar-refractivity contribution < 1.29 is 4.79 Å². The van der Waals surface area contributed by atoms with Crippen LogP contribution < -0.4 is 10.2 Å². The van der Waals surface area contributed by atoms with E-state index in [0.717, 1.165) is 42.9 Å². The molecule has 18 heavy (non-hydrogen) atoms. The Balaban J connectivity index is 1.81. The summed E-state index contributed by atoms with van der Waals surface area (Å²) in [5.41, 5.74) is 0.994. The molecule has 0 radical (unpaired) electrons. The second-order valence-corrected chi connectivity index (χ2v) is 5.64. The van der Waals surface area contributed by atoms with Crippen molar-refractivity contribution in [1.29, 1.82) is 0 Å². The van der Waals surface area contributed by atoms with Gasteiger partial charge in [-0.3, -0.25) is 9.69 Å². The van der Waals surface area contributed by atoms with Crippen molar-refractivity contribution in [3.63, 3.8) is 0 Å². The maximum Gasteiger partial charge on any atom is 0.245 e. The van der Waals surface area contributed by atoms with Crippen molar-refractivity contribution >= 4 is 27.5 Å². The molecule has 2 heterocycles. The average molecular weight is 310 g/mol. The lowest BCUT2D eigenvalue weighted by Crippen LogP contribution is -2.64. The number of piperazine rings is 2. The first-order valence-electron chi connectivity index (χ1n) is 6.27. The van der Waals surface area contributed by atoms with Crippen LogP contribution in [0.1, 0.15) is 0 Å². The Morgan fingerprint density at radius 3 is 2.72 bits per heavy atom. The second-order valence-electron chi connectivity index (χ2n) is 4.72. The minimum atomic E-state index is 0.0103. The number of carbonyl (C=O) groups is 1. The summed E-state index contributed by atoms with van der Waals surface area (Å²) in [5, 5.41) is 3.30. The van der Waals surface area contributed by atoms with Gasteiger partial charge in [-0.05, 0) is 24.3 Å². The first-order valence-corrected chi connectivity index (χ1v) is 7.07. The quantitative estimate of drug-likeness (QED) is 0.843. The Labute approximate surface area is 115 Å². The summed E-state index contributed by atoms with van der Waals surface area (Å²) in [6.45, 7) is 4.49. The van der Waals surface area contributed by atoms with Gasteiger partial charge in [0.1, 0.15) is 6.04 Å². The molecule has 1 N–H and O–H groups in total. The zero-order valence-corrected chi connectivity index (χ0v) is 11.7. The normalized spacial score (nSPS) is 25.1. The van der Waals surface area contributed by atoms with Crippen LogP contribution in [0, 0.1) is 0 Å². The molecule has 0 spiro atoms. The first-order chi connectivity index (χ1) is 8.75. The largest absolute Gasteiger partial charge is 0.313 e. The van der Waals surface area contributed by atoms with Gasteiger partial charge in [0, 0.05) is 42.9 Å². The van der Waals surface area contributed by atoms with Crippen LogP contribution in [0.4, 0.5) is 5.69 Å². The number of hydrogen-bond acceptors (Lipinski definition) is 3. The van der Waals surface area contributed by atoms with Crippen LogP contribution in [0.5, 0.6) is 0 Å². The molecule has 96 valence electrons. The summed E-state index contributed by atoms with van der Waals surface area (Å²) in [6, 6.07) is 7.96. The molecule has 1 unspecified atom stereocenters. The van der Waals surface area contributed by atoms with E-state index in [1.807, 2.05) is 29.2 Å². The molecular weight excluding hydrogens is 294 g/mol. The third-order valence-corrected chi connectivity index (χ3v) is 4.18. The van der Waals surface area contributed by atoms with Gasteiger partial charge in [0.15, 0.2) is 0 Å². The van der Waals surface area contributed by atoms with Gasteiger partial charge in [-0.1, -0.05) is 15.9 Å². The molecule has 0 aliphatic carbocycles. The number of anilines is 1. The summed E-state index contributed by atoms with van der Waals surface area (Å²) >= 11 is 3.42. The third kappa shape index (κ3) is 2.18. The van der Waals surface area contributed by atoms with Crippen molar-refractivity contribution in [3.8, 4) is 0 Å². The van der Waals surface area contributed by atoms with E-state index in [-0.39, 0.29) is 11.9 Å². The fraction of sp³-hybridized carbons (Fsp3) is 0.462. The number of carbonyl (C=O) groups excluding carboxylic acids is 1. The topological polar surface area (TPSA) is 35.6 Å². The van der Waals surface area contributed by atoms with Crippen LogP contribution in [0.15, 0.2) is 28.7 Å². The summed E-state index contributed by atoms with van der Waals surface area (Å²) in [7, 11) is 0. The first kappa shape index (κ1) is 12.1. The van der Waals surface area contributed by atoms with Crippen molar-refractivity contribution in [1.82, 2.24) is 10.2 Å². The van der Waals surface area contributed by atoms with Crippen LogP contribution >= 0.6 is 15.9 Å². The highest BCUT2D eigenvalue weighted by Gasteiger charge is 2.36. The van der Waals surface area contributed by atoms with E-state index in [9.17, 15) is 4.79 Å². The lowest BCUT2D eigenvalue weighted by Gasteiger charge is -2.43. The summed E-state index contributed by atoms with van der Waals surface area (Å²) in [6.07, 6.45) is 0. The highest BCUT2D eigenvalue weighted by atomic mass is 79.9. The Morgan fingerprint density at radius 1 is 1.17 bits per heavy atom. The second kappa shape index (κ2) is 4.99. The molecule has 2 aliphatic rings. The minimum Gasteiger partial charge on any atom is -0.313 e. The Kier molecular flexibility index (Phi) is 3.37. The van der Waals surface area contributed by atoms with Crippen LogP contribution in [0.3, 0.4) is 0 Å². The minimum absolute atomic E-state index is 0.0103. The number of amides is 1. The number of nitrogens with one attached hydrogen (secondary N) is 1. The molecule has 4 nitrogen and oxygen atoms in total. The van der Waals surface area contributed by atoms with Crippen molar-refractivity contribution in [2.45, 2.75) is 6.04 Å². The Hall–Kier alpha value is -0.910. The Bertz CT molecular complexity index is 448. The van der Waals surface area contributed by atoms with Crippen molar-refractivity contribution in [3.05, 3.63) is 28.7 Å². The Morgan fingerprint density at radius 2 is 1.94 bits per heavy atom. The molecule has 5 heteroatoms. The van der Waals surface area contributed by atoms with E-state index in [2.05, 4.69) is 26.1 Å². The van der Waals surface area contributed by atoms with Crippen LogP contribution in [0.25, 0.3) is 0 Å². The van der Waals surface area contributed by atoms with Gasteiger partial charge in [0.25, 0.3) is 0 Å². The molecule has 3 rings (SSSR count). The van der Waals surface area contributed by atoms with Gasteiger partial charge in [0.05, 0.1) is 0 Å². The molecule has 0 saturated carbocycles. The van der Waals surface area contributed by atoms with Crippen LogP contribution in [-0.2, 0) is 4.79 Å². The molecule has 1 aromatic rings. The van der Waals surface area contributed by atoms with Gasteiger partial charge in [0.2, 0.25) is 5.91 Å². The number of hydrogen-bond donors (Lipinski definition) is 1. The lowest BCUT2D eigenvalue weighted by molar-refractivity contribution is -0.126. The molecule has 2 saturated heterocycles. The van der Waals surface area contributed by atoms with E-state index in [1.54, 1.807) is 0 Å². The molecule has 0 bridgehead atoms. The third-order valence-electron chi connectivity index (χ3n) is 3.65. The maximum absolute atomic E-state index is 12.5. The van der Waals surface area contributed by atoms with E-state index in [1.165, 1.54) is 0 Å². The highest BCUT2D eigenvalue weighted by Crippen LogP contribution is 2.23. The zero-order valence-electron chi connectivity index (χ0n) is 10.1. The SMILES string of the molecule is O=C1C2CNCCN2CCN1c1ccc(Br)cc1. The summed E-state index contributed by atoms with van der Waals surface area (Å²) < 4.78 is 1.04. The van der Waals surface area contributed by atoms with Gasteiger partial charge in [-0.2, -0.15) is 0 Å². The van der Waals surface area contributed by atoms with E-state index < -0.39 is 0 Å². The van der Waals surface area contributed by atoms with Gasteiger partial charge < -0.3 is 10.2 Å². The standard InChI is InChI=1S/C13H16BrN3O/c14-10-1-3-11(4-2-10)17-8-7-16-6-5-15-9-12(16)13(17)18/h1-4,12,15H,5-9H2. The van der Waals surface area contributed by atoms with Crippen LogP contribution in [0.2, 0.25) is 0 Å². The van der Waals surface area contributed by atoms with Gasteiger partial charge in [-0.15, -0.1) is 0 Å². The number of nitrogens with zero attached hydrogens (tertiary/aromatic N) is 2. The number of halogens is 1. The van der Waals surface area contributed by atoms with Crippen LogP contribution in [-0.4, -0.2) is 49.6 Å². The summed E-state index contributed by atoms with van der Waals surface area (Å²) in [5.74, 6) is 0.218. The smallest absolute Gasteiger partial charge is 0.245 e. The van der Waals surface area contributed by atoms with E-state index in [0.29, 0.717) is 0 Å². The molecule has 1 atom stereocenters. The molecule has 2 fully saturated rings. The molecule has 2 aliphatic heterocycles. The number of fused-ring (bicyclic) bond motifs is 1. The fourth-order valence-electron chi connectivity index (χ4n) is 2.65. The zero-order chi connectivity index (χ0) is 12.5. The predicted octanol–water partition coefficient (Wildman–Crippen LogP) is 1.07. The summed E-state index contributed by atoms with van der Waals surface area (Å²) in [4.78, 5) is 16.7. The molecule has 0 aromatic heterocycles. The van der Waals surface area contributed by atoms with E-state index in [4.69, 9.17) is 0 Å². The highest BCUT2D eigenvalue weighted by molar-refractivity contribution is 9.10. The molecular formula is C13H16BrN3O. The maximum atomic E-state index is 12.5. The molecule has 1 amide bonds.